The summed E-state index contributed by atoms with van der Waals surface area (Å²) in [5.74, 6) is -0.268. The van der Waals surface area contributed by atoms with Gasteiger partial charge in [0.1, 0.15) is 17.7 Å². The van der Waals surface area contributed by atoms with Gasteiger partial charge < -0.3 is 0 Å². The Morgan fingerprint density at radius 2 is 1.73 bits per heavy atom. The molecule has 2 aromatic heterocycles. The third-order valence-electron chi connectivity index (χ3n) is 3.59. The summed E-state index contributed by atoms with van der Waals surface area (Å²) in [4.78, 5) is 8.76. The van der Waals surface area contributed by atoms with Gasteiger partial charge in [0.15, 0.2) is 0 Å². The second kappa shape index (κ2) is 5.07. The molecule has 106 valence electrons. The van der Waals surface area contributed by atoms with E-state index in [0.717, 1.165) is 28.0 Å². The molecule has 0 fully saturated rings. The number of nitrogens with zero attached hydrogens (tertiary/aromatic N) is 3. The summed E-state index contributed by atoms with van der Waals surface area (Å²) in [6, 6.07) is 18.4. The van der Waals surface area contributed by atoms with Gasteiger partial charge >= 0.3 is 0 Å². The molecule has 0 radical (unpaired) electrons. The van der Waals surface area contributed by atoms with Crippen LogP contribution < -0.4 is 0 Å². The van der Waals surface area contributed by atoms with Crippen LogP contribution in [0.25, 0.3) is 28.0 Å². The molecule has 0 spiro atoms. The first-order valence-electron chi connectivity index (χ1n) is 6.96. The second-order valence-corrected chi connectivity index (χ2v) is 5.02. The van der Waals surface area contributed by atoms with E-state index >= 15 is 0 Å². The van der Waals surface area contributed by atoms with Gasteiger partial charge in [0.2, 0.25) is 0 Å². The fourth-order valence-corrected chi connectivity index (χ4v) is 2.51. The topological polar surface area (TPSA) is 30.7 Å². The van der Waals surface area contributed by atoms with Crippen LogP contribution >= 0.6 is 0 Å². The van der Waals surface area contributed by atoms with Crippen LogP contribution in [0.3, 0.4) is 0 Å². The average Bonchev–Trinajstić information content (AvgIpc) is 2.99. The zero-order valence-electron chi connectivity index (χ0n) is 11.6. The Kier molecular flexibility index (Phi) is 2.93. The van der Waals surface area contributed by atoms with E-state index in [9.17, 15) is 4.39 Å². The Bertz CT molecular complexity index is 945. The number of hydrogen-bond acceptors (Lipinski definition) is 2. The predicted molar refractivity (Wildman–Crippen MR) is 84.3 cm³/mol. The Hall–Kier alpha value is -3.01. The van der Waals surface area contributed by atoms with Crippen LogP contribution in [0.4, 0.5) is 4.39 Å². The minimum atomic E-state index is -0.268. The fourth-order valence-electron chi connectivity index (χ4n) is 2.51. The van der Waals surface area contributed by atoms with Crippen molar-refractivity contribution in [2.45, 2.75) is 0 Å². The molecule has 3 nitrogen and oxygen atoms in total. The van der Waals surface area contributed by atoms with Crippen LogP contribution in [0.2, 0.25) is 0 Å². The minimum Gasteiger partial charge on any atom is -0.299 e. The summed E-state index contributed by atoms with van der Waals surface area (Å²) < 4.78 is 15.4. The minimum absolute atomic E-state index is 0.268. The molecule has 0 amide bonds. The zero-order valence-corrected chi connectivity index (χ0v) is 11.6. The lowest BCUT2D eigenvalue weighted by atomic mass is 10.1. The summed E-state index contributed by atoms with van der Waals surface area (Å²) in [6.07, 6.45) is 3.49. The van der Waals surface area contributed by atoms with Crippen molar-refractivity contribution < 1.29 is 4.39 Å². The highest BCUT2D eigenvalue weighted by molar-refractivity contribution is 5.81. The van der Waals surface area contributed by atoms with Crippen LogP contribution in [-0.4, -0.2) is 14.5 Å². The number of rotatable bonds is 2. The summed E-state index contributed by atoms with van der Waals surface area (Å²) in [5, 5.41) is 0. The van der Waals surface area contributed by atoms with E-state index in [4.69, 9.17) is 0 Å². The highest BCUT2D eigenvalue weighted by Gasteiger charge is 2.08. The van der Waals surface area contributed by atoms with Crippen molar-refractivity contribution in [3.05, 3.63) is 79.0 Å². The summed E-state index contributed by atoms with van der Waals surface area (Å²) in [5.41, 5.74) is 4.26. The molecular weight excluding hydrogens is 277 g/mol. The summed E-state index contributed by atoms with van der Waals surface area (Å²) >= 11 is 0. The Morgan fingerprint density at radius 1 is 0.864 bits per heavy atom. The largest absolute Gasteiger partial charge is 0.299 e. The van der Waals surface area contributed by atoms with E-state index in [1.54, 1.807) is 18.6 Å². The number of imidazole rings is 1. The Balaban J connectivity index is 1.90. The standard InChI is InChI=1S/C18H12FN3/c19-14-6-4-5-13(9-14)16-10-18-17(11-20-16)21-12-22(18)15-7-2-1-3-8-15/h1-12H. The van der Waals surface area contributed by atoms with E-state index < -0.39 is 0 Å². The first-order valence-corrected chi connectivity index (χ1v) is 6.96. The van der Waals surface area contributed by atoms with Gasteiger partial charge in [-0.05, 0) is 30.3 Å². The molecule has 4 heteroatoms. The molecule has 0 atom stereocenters. The Labute approximate surface area is 126 Å². The van der Waals surface area contributed by atoms with Crippen LogP contribution in [0, 0.1) is 5.82 Å². The SMILES string of the molecule is Fc1cccc(-c2cc3c(cn2)ncn3-c2ccccc2)c1. The van der Waals surface area contributed by atoms with E-state index in [1.807, 2.05) is 47.0 Å². The maximum absolute atomic E-state index is 13.4. The van der Waals surface area contributed by atoms with Crippen molar-refractivity contribution in [1.82, 2.24) is 14.5 Å². The third kappa shape index (κ3) is 2.15. The van der Waals surface area contributed by atoms with E-state index in [1.165, 1.54) is 12.1 Å². The van der Waals surface area contributed by atoms with Gasteiger partial charge in [-0.3, -0.25) is 9.55 Å². The number of fused-ring (bicyclic) bond motifs is 1. The normalized spacial score (nSPS) is 11.0. The van der Waals surface area contributed by atoms with Gasteiger partial charge in [0.05, 0.1) is 17.4 Å². The predicted octanol–water partition coefficient (Wildman–Crippen LogP) is 4.23. The smallest absolute Gasteiger partial charge is 0.123 e. The molecule has 2 heterocycles. The second-order valence-electron chi connectivity index (χ2n) is 5.02. The lowest BCUT2D eigenvalue weighted by molar-refractivity contribution is 0.628. The van der Waals surface area contributed by atoms with Gasteiger partial charge in [-0.1, -0.05) is 30.3 Å². The molecule has 0 saturated carbocycles. The number of benzene rings is 2. The van der Waals surface area contributed by atoms with Crippen molar-refractivity contribution in [1.29, 1.82) is 0 Å². The molecule has 0 unspecified atom stereocenters. The molecule has 0 bridgehead atoms. The van der Waals surface area contributed by atoms with Crippen molar-refractivity contribution >= 4 is 11.0 Å². The van der Waals surface area contributed by atoms with Gasteiger partial charge in [0.25, 0.3) is 0 Å². The molecule has 0 aliphatic rings. The van der Waals surface area contributed by atoms with Crippen LogP contribution in [0.15, 0.2) is 73.2 Å². The fraction of sp³-hybridized carbons (Fsp3) is 0. The number of hydrogen-bond donors (Lipinski definition) is 0. The van der Waals surface area contributed by atoms with Gasteiger partial charge in [0, 0.05) is 11.3 Å². The van der Waals surface area contributed by atoms with Crippen LogP contribution in [-0.2, 0) is 0 Å². The molecule has 4 rings (SSSR count). The van der Waals surface area contributed by atoms with Gasteiger partial charge in [-0.25, -0.2) is 9.37 Å². The quantitative estimate of drug-likeness (QED) is 0.553. The molecule has 2 aromatic carbocycles. The monoisotopic (exact) mass is 289 g/mol. The van der Waals surface area contributed by atoms with E-state index in [2.05, 4.69) is 9.97 Å². The number of halogens is 1. The van der Waals surface area contributed by atoms with Gasteiger partial charge in [-0.2, -0.15) is 0 Å². The van der Waals surface area contributed by atoms with Crippen molar-refractivity contribution in [3.63, 3.8) is 0 Å². The molecule has 0 aliphatic heterocycles. The molecule has 0 saturated heterocycles. The molecule has 0 N–H and O–H groups in total. The molecule has 22 heavy (non-hydrogen) atoms. The molecular formula is C18H12FN3. The van der Waals surface area contributed by atoms with Crippen molar-refractivity contribution in [2.75, 3.05) is 0 Å². The highest BCUT2D eigenvalue weighted by Crippen LogP contribution is 2.24. The Morgan fingerprint density at radius 3 is 2.55 bits per heavy atom. The number of para-hydroxylation sites is 1. The van der Waals surface area contributed by atoms with Crippen LogP contribution in [0.1, 0.15) is 0 Å². The third-order valence-corrected chi connectivity index (χ3v) is 3.59. The maximum Gasteiger partial charge on any atom is 0.123 e. The average molecular weight is 289 g/mol. The van der Waals surface area contributed by atoms with Gasteiger partial charge in [-0.15, -0.1) is 0 Å². The van der Waals surface area contributed by atoms with Crippen molar-refractivity contribution in [2.24, 2.45) is 0 Å². The van der Waals surface area contributed by atoms with Crippen molar-refractivity contribution in [3.8, 4) is 16.9 Å². The number of pyridine rings is 1. The molecule has 0 aliphatic carbocycles. The zero-order chi connectivity index (χ0) is 14.9. The lowest BCUT2D eigenvalue weighted by Gasteiger charge is -2.05. The molecule has 4 aromatic rings. The van der Waals surface area contributed by atoms with E-state index in [0.29, 0.717) is 0 Å². The lowest BCUT2D eigenvalue weighted by Crippen LogP contribution is -1.92. The van der Waals surface area contributed by atoms with Crippen LogP contribution in [0.5, 0.6) is 0 Å². The maximum atomic E-state index is 13.4. The summed E-state index contributed by atoms with van der Waals surface area (Å²) in [6.45, 7) is 0. The summed E-state index contributed by atoms with van der Waals surface area (Å²) in [7, 11) is 0. The first kappa shape index (κ1) is 12.7. The number of aromatic nitrogens is 3. The highest BCUT2D eigenvalue weighted by atomic mass is 19.1. The first-order chi connectivity index (χ1) is 10.8. The van der Waals surface area contributed by atoms with E-state index in [-0.39, 0.29) is 5.82 Å².